The minimum absolute atomic E-state index is 0.170. The van der Waals surface area contributed by atoms with Crippen molar-refractivity contribution >= 4 is 0 Å². The van der Waals surface area contributed by atoms with E-state index in [1.54, 1.807) is 0 Å². The Hall–Kier alpha value is -0.930. The fraction of sp³-hybridized carbons (Fsp3) is 0.455. The van der Waals surface area contributed by atoms with Gasteiger partial charge in [0.15, 0.2) is 0 Å². The maximum atomic E-state index is 12.6. The summed E-state index contributed by atoms with van der Waals surface area (Å²) in [5, 5.41) is 6.73. The van der Waals surface area contributed by atoms with Crippen LogP contribution in [0.4, 0.5) is 4.39 Å². The fourth-order valence-corrected chi connectivity index (χ4v) is 1.69. The molecule has 1 aliphatic heterocycles. The second-order valence-electron chi connectivity index (χ2n) is 3.70. The molecule has 1 aromatic carbocycles. The first kappa shape index (κ1) is 9.62. The van der Waals surface area contributed by atoms with Crippen LogP contribution in [0.15, 0.2) is 24.3 Å². The first-order chi connectivity index (χ1) is 6.84. The standard InChI is InChI=1S/C11H15FN2/c12-10-3-1-9(2-4-10)7-14-11-5-6-13-8-11/h1-4,11,13-14H,5-8H2. The molecule has 1 unspecified atom stereocenters. The number of benzene rings is 1. The van der Waals surface area contributed by atoms with Gasteiger partial charge in [-0.1, -0.05) is 12.1 Å². The molecular weight excluding hydrogens is 179 g/mol. The molecule has 2 N–H and O–H groups in total. The molecule has 2 rings (SSSR count). The Labute approximate surface area is 83.5 Å². The van der Waals surface area contributed by atoms with E-state index in [0.717, 1.165) is 25.2 Å². The molecule has 0 saturated carbocycles. The Kier molecular flexibility index (Phi) is 3.11. The van der Waals surface area contributed by atoms with Crippen molar-refractivity contribution in [2.75, 3.05) is 13.1 Å². The van der Waals surface area contributed by atoms with Crippen molar-refractivity contribution < 1.29 is 4.39 Å². The highest BCUT2D eigenvalue weighted by Crippen LogP contribution is 2.04. The van der Waals surface area contributed by atoms with E-state index < -0.39 is 0 Å². The summed E-state index contributed by atoms with van der Waals surface area (Å²) >= 11 is 0. The smallest absolute Gasteiger partial charge is 0.123 e. The lowest BCUT2D eigenvalue weighted by atomic mass is 10.2. The molecular formula is C11H15FN2. The van der Waals surface area contributed by atoms with E-state index in [1.165, 1.54) is 18.6 Å². The van der Waals surface area contributed by atoms with Crippen LogP contribution in [0.3, 0.4) is 0 Å². The zero-order chi connectivity index (χ0) is 9.80. The van der Waals surface area contributed by atoms with Crippen LogP contribution in [0.5, 0.6) is 0 Å². The predicted molar refractivity (Wildman–Crippen MR) is 54.5 cm³/mol. The normalized spacial score (nSPS) is 21.4. The van der Waals surface area contributed by atoms with Gasteiger partial charge in [0, 0.05) is 19.1 Å². The average molecular weight is 194 g/mol. The third-order valence-electron chi connectivity index (χ3n) is 2.57. The van der Waals surface area contributed by atoms with Gasteiger partial charge in [0.1, 0.15) is 5.82 Å². The van der Waals surface area contributed by atoms with Crippen LogP contribution in [0, 0.1) is 5.82 Å². The number of halogens is 1. The molecule has 0 amide bonds. The highest BCUT2D eigenvalue weighted by atomic mass is 19.1. The maximum Gasteiger partial charge on any atom is 0.123 e. The molecule has 2 nitrogen and oxygen atoms in total. The molecule has 1 fully saturated rings. The molecule has 0 aliphatic carbocycles. The number of hydrogen-bond donors (Lipinski definition) is 2. The first-order valence-corrected chi connectivity index (χ1v) is 5.03. The summed E-state index contributed by atoms with van der Waals surface area (Å²) < 4.78 is 12.6. The first-order valence-electron chi connectivity index (χ1n) is 5.03. The molecule has 1 aromatic rings. The van der Waals surface area contributed by atoms with Gasteiger partial charge in [0.25, 0.3) is 0 Å². The monoisotopic (exact) mass is 194 g/mol. The van der Waals surface area contributed by atoms with Gasteiger partial charge >= 0.3 is 0 Å². The van der Waals surface area contributed by atoms with Crippen LogP contribution in [-0.4, -0.2) is 19.1 Å². The van der Waals surface area contributed by atoms with Crippen LogP contribution in [-0.2, 0) is 6.54 Å². The number of hydrogen-bond acceptors (Lipinski definition) is 2. The van der Waals surface area contributed by atoms with E-state index in [2.05, 4.69) is 10.6 Å². The summed E-state index contributed by atoms with van der Waals surface area (Å²) in [6.45, 7) is 2.97. The predicted octanol–water partition coefficient (Wildman–Crippen LogP) is 1.28. The third kappa shape index (κ3) is 2.53. The van der Waals surface area contributed by atoms with E-state index in [1.807, 2.05) is 12.1 Å². The maximum absolute atomic E-state index is 12.6. The van der Waals surface area contributed by atoms with Crippen LogP contribution in [0.1, 0.15) is 12.0 Å². The minimum Gasteiger partial charge on any atom is -0.315 e. The number of nitrogens with one attached hydrogen (secondary N) is 2. The molecule has 0 spiro atoms. The molecule has 1 atom stereocenters. The van der Waals surface area contributed by atoms with Gasteiger partial charge in [-0.15, -0.1) is 0 Å². The lowest BCUT2D eigenvalue weighted by molar-refractivity contribution is 0.546. The Morgan fingerprint density at radius 2 is 2.14 bits per heavy atom. The molecule has 76 valence electrons. The highest BCUT2D eigenvalue weighted by molar-refractivity contribution is 5.15. The summed E-state index contributed by atoms with van der Waals surface area (Å²) in [6, 6.07) is 7.23. The van der Waals surface area contributed by atoms with Crippen molar-refractivity contribution in [2.45, 2.75) is 19.0 Å². The largest absolute Gasteiger partial charge is 0.315 e. The molecule has 0 aromatic heterocycles. The lowest BCUT2D eigenvalue weighted by Gasteiger charge is -2.10. The van der Waals surface area contributed by atoms with Crippen molar-refractivity contribution in [1.29, 1.82) is 0 Å². The van der Waals surface area contributed by atoms with Crippen molar-refractivity contribution in [1.82, 2.24) is 10.6 Å². The second kappa shape index (κ2) is 4.53. The molecule has 1 aliphatic rings. The number of rotatable bonds is 3. The zero-order valence-electron chi connectivity index (χ0n) is 8.09. The van der Waals surface area contributed by atoms with Crippen LogP contribution in [0.25, 0.3) is 0 Å². The molecule has 0 radical (unpaired) electrons. The van der Waals surface area contributed by atoms with Crippen molar-refractivity contribution in [2.24, 2.45) is 0 Å². The van der Waals surface area contributed by atoms with Gasteiger partial charge in [-0.3, -0.25) is 0 Å². The van der Waals surface area contributed by atoms with Gasteiger partial charge in [0.2, 0.25) is 0 Å². The SMILES string of the molecule is Fc1ccc(CNC2CCNC2)cc1. The molecule has 1 saturated heterocycles. The van der Waals surface area contributed by atoms with E-state index in [4.69, 9.17) is 0 Å². The van der Waals surface area contributed by atoms with Crippen molar-refractivity contribution in [3.63, 3.8) is 0 Å². The quantitative estimate of drug-likeness (QED) is 0.757. The van der Waals surface area contributed by atoms with Crippen LogP contribution in [0.2, 0.25) is 0 Å². The van der Waals surface area contributed by atoms with Gasteiger partial charge in [-0.25, -0.2) is 4.39 Å². The Morgan fingerprint density at radius 3 is 2.79 bits per heavy atom. The highest BCUT2D eigenvalue weighted by Gasteiger charge is 2.12. The lowest BCUT2D eigenvalue weighted by Crippen LogP contribution is -2.30. The van der Waals surface area contributed by atoms with Crippen molar-refractivity contribution in [3.8, 4) is 0 Å². The van der Waals surface area contributed by atoms with Gasteiger partial charge in [-0.2, -0.15) is 0 Å². The van der Waals surface area contributed by atoms with Crippen LogP contribution < -0.4 is 10.6 Å². The molecule has 14 heavy (non-hydrogen) atoms. The van der Waals surface area contributed by atoms with E-state index in [-0.39, 0.29) is 5.82 Å². The van der Waals surface area contributed by atoms with Gasteiger partial charge in [0.05, 0.1) is 0 Å². The van der Waals surface area contributed by atoms with Crippen molar-refractivity contribution in [3.05, 3.63) is 35.6 Å². The topological polar surface area (TPSA) is 24.1 Å². The summed E-state index contributed by atoms with van der Waals surface area (Å²) in [5.41, 5.74) is 1.14. The average Bonchev–Trinajstić information content (AvgIpc) is 2.70. The third-order valence-corrected chi connectivity index (χ3v) is 2.57. The van der Waals surface area contributed by atoms with Gasteiger partial charge < -0.3 is 10.6 Å². The molecule has 3 heteroatoms. The summed E-state index contributed by atoms with van der Waals surface area (Å²) in [4.78, 5) is 0. The van der Waals surface area contributed by atoms with E-state index >= 15 is 0 Å². The minimum atomic E-state index is -0.170. The van der Waals surface area contributed by atoms with E-state index in [0.29, 0.717) is 6.04 Å². The fourth-order valence-electron chi connectivity index (χ4n) is 1.69. The second-order valence-corrected chi connectivity index (χ2v) is 3.70. The van der Waals surface area contributed by atoms with E-state index in [9.17, 15) is 4.39 Å². The molecule has 1 heterocycles. The summed E-state index contributed by atoms with van der Waals surface area (Å²) in [7, 11) is 0. The zero-order valence-corrected chi connectivity index (χ0v) is 8.09. The molecule has 0 bridgehead atoms. The Bertz CT molecular complexity index is 278. The summed E-state index contributed by atoms with van der Waals surface area (Å²) in [5.74, 6) is -0.170. The Morgan fingerprint density at radius 1 is 1.36 bits per heavy atom. The summed E-state index contributed by atoms with van der Waals surface area (Å²) in [6.07, 6.45) is 1.18. The van der Waals surface area contributed by atoms with Gasteiger partial charge in [-0.05, 0) is 30.7 Å². The Balaban J connectivity index is 1.82. The van der Waals surface area contributed by atoms with Crippen LogP contribution >= 0.6 is 0 Å².